The van der Waals surface area contributed by atoms with Crippen LogP contribution in [0.2, 0.25) is 0 Å². The monoisotopic (exact) mass is 191 g/mol. The molecule has 0 aliphatic carbocycles. The van der Waals surface area contributed by atoms with Crippen molar-refractivity contribution in [1.29, 1.82) is 0 Å². The summed E-state index contributed by atoms with van der Waals surface area (Å²) in [5, 5.41) is 3.13. The highest BCUT2D eigenvalue weighted by atomic mass is 16.2. The van der Waals surface area contributed by atoms with Gasteiger partial charge in [0.05, 0.1) is 11.7 Å². The molecule has 0 aromatic carbocycles. The standard InChI is InChI=1S/C10H13N3O/c1-13-9-4-2-3-5-12-8(9)6-7(11)10(13)14/h2-5,7,12H,6,11H2,1H3. The molecule has 0 fully saturated rings. The Hall–Kier alpha value is -1.55. The molecule has 0 saturated carbocycles. The van der Waals surface area contributed by atoms with Crippen LogP contribution < -0.4 is 11.1 Å². The smallest absolute Gasteiger partial charge is 0.244 e. The zero-order valence-corrected chi connectivity index (χ0v) is 8.03. The maximum absolute atomic E-state index is 11.6. The fourth-order valence-corrected chi connectivity index (χ4v) is 1.68. The van der Waals surface area contributed by atoms with Gasteiger partial charge in [-0.15, -0.1) is 0 Å². The van der Waals surface area contributed by atoms with Gasteiger partial charge in [-0.05, 0) is 12.2 Å². The average molecular weight is 191 g/mol. The molecule has 0 radical (unpaired) electrons. The van der Waals surface area contributed by atoms with Crippen LogP contribution in [0.1, 0.15) is 6.42 Å². The lowest BCUT2D eigenvalue weighted by molar-refractivity contribution is -0.130. The van der Waals surface area contributed by atoms with E-state index in [1.807, 2.05) is 24.4 Å². The van der Waals surface area contributed by atoms with Crippen molar-refractivity contribution < 1.29 is 4.79 Å². The van der Waals surface area contributed by atoms with Crippen molar-refractivity contribution >= 4 is 5.91 Å². The van der Waals surface area contributed by atoms with Crippen molar-refractivity contribution in [2.75, 3.05) is 7.05 Å². The van der Waals surface area contributed by atoms with E-state index in [-0.39, 0.29) is 5.91 Å². The molecule has 0 bridgehead atoms. The Kier molecular flexibility index (Phi) is 2.13. The Balaban J connectivity index is 2.39. The number of amides is 1. The number of likely N-dealkylation sites (N-methyl/N-ethyl adjacent to an activating group) is 1. The van der Waals surface area contributed by atoms with Crippen LogP contribution in [0.5, 0.6) is 0 Å². The number of carbonyl (C=O) groups excluding carboxylic acids is 1. The first kappa shape index (κ1) is 9.02. The van der Waals surface area contributed by atoms with Crippen LogP contribution in [0.4, 0.5) is 0 Å². The van der Waals surface area contributed by atoms with Gasteiger partial charge in [0.2, 0.25) is 5.91 Å². The molecule has 4 heteroatoms. The summed E-state index contributed by atoms with van der Waals surface area (Å²) in [6.45, 7) is 0. The van der Waals surface area contributed by atoms with E-state index in [2.05, 4.69) is 5.32 Å². The summed E-state index contributed by atoms with van der Waals surface area (Å²) in [5.74, 6) is -0.0305. The van der Waals surface area contributed by atoms with Crippen LogP contribution in [0.15, 0.2) is 35.8 Å². The Morgan fingerprint density at radius 3 is 3.14 bits per heavy atom. The summed E-state index contributed by atoms with van der Waals surface area (Å²) in [6.07, 6.45) is 8.12. The molecule has 0 aromatic heterocycles. The average Bonchev–Trinajstić information content (AvgIpc) is 2.39. The third-order valence-electron chi connectivity index (χ3n) is 2.46. The van der Waals surface area contributed by atoms with Gasteiger partial charge >= 0.3 is 0 Å². The van der Waals surface area contributed by atoms with Crippen LogP contribution >= 0.6 is 0 Å². The maximum Gasteiger partial charge on any atom is 0.244 e. The Labute approximate surface area is 82.8 Å². The zero-order valence-electron chi connectivity index (χ0n) is 8.03. The molecular weight excluding hydrogens is 178 g/mol. The minimum absolute atomic E-state index is 0.0305. The number of allylic oxidation sites excluding steroid dienone is 3. The third-order valence-corrected chi connectivity index (χ3v) is 2.46. The van der Waals surface area contributed by atoms with Crippen molar-refractivity contribution in [3.63, 3.8) is 0 Å². The third kappa shape index (κ3) is 1.33. The van der Waals surface area contributed by atoms with E-state index in [0.29, 0.717) is 6.42 Å². The SMILES string of the molecule is CN1C(=O)C(N)CC2=C1C=CC=CN2. The highest BCUT2D eigenvalue weighted by Crippen LogP contribution is 2.21. The van der Waals surface area contributed by atoms with Gasteiger partial charge in [0, 0.05) is 25.4 Å². The molecule has 2 rings (SSSR count). The summed E-state index contributed by atoms with van der Waals surface area (Å²) in [5.41, 5.74) is 7.62. The van der Waals surface area contributed by atoms with E-state index in [9.17, 15) is 4.79 Å². The lowest BCUT2D eigenvalue weighted by atomic mass is 10.0. The van der Waals surface area contributed by atoms with Crippen molar-refractivity contribution in [2.24, 2.45) is 5.73 Å². The largest absolute Gasteiger partial charge is 0.363 e. The van der Waals surface area contributed by atoms with Gasteiger partial charge in [0.25, 0.3) is 0 Å². The van der Waals surface area contributed by atoms with Crippen LogP contribution in [0.3, 0.4) is 0 Å². The molecule has 2 aliphatic rings. The molecule has 0 aromatic rings. The van der Waals surface area contributed by atoms with E-state index in [1.165, 1.54) is 0 Å². The predicted molar refractivity (Wildman–Crippen MR) is 53.8 cm³/mol. The molecule has 1 unspecified atom stereocenters. The van der Waals surface area contributed by atoms with Gasteiger partial charge in [0.15, 0.2) is 0 Å². The van der Waals surface area contributed by atoms with E-state index in [1.54, 1.807) is 11.9 Å². The van der Waals surface area contributed by atoms with Gasteiger partial charge < -0.3 is 16.0 Å². The molecule has 1 atom stereocenters. The van der Waals surface area contributed by atoms with Crippen LogP contribution in [-0.2, 0) is 4.79 Å². The molecule has 2 heterocycles. The first-order valence-electron chi connectivity index (χ1n) is 4.56. The summed E-state index contributed by atoms with van der Waals surface area (Å²) in [6, 6.07) is -0.425. The minimum Gasteiger partial charge on any atom is -0.363 e. The number of carbonyl (C=O) groups is 1. The highest BCUT2D eigenvalue weighted by molar-refractivity contribution is 5.85. The van der Waals surface area contributed by atoms with Crippen LogP contribution in [0, 0.1) is 0 Å². The second-order valence-corrected chi connectivity index (χ2v) is 3.43. The van der Waals surface area contributed by atoms with E-state index in [0.717, 1.165) is 11.4 Å². The van der Waals surface area contributed by atoms with Crippen molar-refractivity contribution in [3.8, 4) is 0 Å². The van der Waals surface area contributed by atoms with E-state index in [4.69, 9.17) is 5.73 Å². The Morgan fingerprint density at radius 2 is 2.36 bits per heavy atom. The molecule has 14 heavy (non-hydrogen) atoms. The van der Waals surface area contributed by atoms with Gasteiger partial charge in [0.1, 0.15) is 0 Å². The number of nitrogens with zero attached hydrogens (tertiary/aromatic N) is 1. The zero-order chi connectivity index (χ0) is 10.1. The van der Waals surface area contributed by atoms with E-state index >= 15 is 0 Å². The number of hydrogen-bond donors (Lipinski definition) is 2. The van der Waals surface area contributed by atoms with Crippen molar-refractivity contribution in [3.05, 3.63) is 35.8 Å². The quantitative estimate of drug-likeness (QED) is 0.569. The predicted octanol–water partition coefficient (Wildman–Crippen LogP) is 0.0605. The molecular formula is C10H13N3O. The first-order chi connectivity index (χ1) is 6.70. The van der Waals surface area contributed by atoms with Crippen molar-refractivity contribution in [1.82, 2.24) is 10.2 Å². The summed E-state index contributed by atoms with van der Waals surface area (Å²) < 4.78 is 0. The van der Waals surface area contributed by atoms with Crippen LogP contribution in [0.25, 0.3) is 0 Å². The van der Waals surface area contributed by atoms with Crippen LogP contribution in [-0.4, -0.2) is 23.9 Å². The topological polar surface area (TPSA) is 58.4 Å². The first-order valence-corrected chi connectivity index (χ1v) is 4.56. The van der Waals surface area contributed by atoms with Gasteiger partial charge in [-0.25, -0.2) is 0 Å². The highest BCUT2D eigenvalue weighted by Gasteiger charge is 2.28. The Morgan fingerprint density at radius 1 is 1.57 bits per heavy atom. The normalized spacial score (nSPS) is 26.0. The molecule has 1 amide bonds. The maximum atomic E-state index is 11.6. The second-order valence-electron chi connectivity index (χ2n) is 3.43. The number of nitrogens with one attached hydrogen (secondary N) is 1. The number of rotatable bonds is 0. The molecule has 74 valence electrons. The summed E-state index contributed by atoms with van der Waals surface area (Å²) in [7, 11) is 1.74. The second kappa shape index (κ2) is 3.31. The number of nitrogens with two attached hydrogens (primary N) is 1. The van der Waals surface area contributed by atoms with Gasteiger partial charge in [-0.2, -0.15) is 0 Å². The van der Waals surface area contributed by atoms with Gasteiger partial charge in [-0.1, -0.05) is 6.08 Å². The summed E-state index contributed by atoms with van der Waals surface area (Å²) >= 11 is 0. The fourth-order valence-electron chi connectivity index (χ4n) is 1.68. The minimum atomic E-state index is -0.425. The lowest BCUT2D eigenvalue weighted by Crippen LogP contribution is -2.46. The molecule has 0 spiro atoms. The Bertz CT molecular complexity index is 354. The molecule has 0 saturated heterocycles. The molecule has 4 nitrogen and oxygen atoms in total. The van der Waals surface area contributed by atoms with E-state index < -0.39 is 6.04 Å². The molecule has 3 N–H and O–H groups in total. The van der Waals surface area contributed by atoms with Crippen molar-refractivity contribution in [2.45, 2.75) is 12.5 Å². The fraction of sp³-hybridized carbons (Fsp3) is 0.300. The summed E-state index contributed by atoms with van der Waals surface area (Å²) in [4.78, 5) is 13.2. The van der Waals surface area contributed by atoms with Gasteiger partial charge in [-0.3, -0.25) is 4.79 Å². The molecule has 2 aliphatic heterocycles. The number of hydrogen-bond acceptors (Lipinski definition) is 3. The lowest BCUT2D eigenvalue weighted by Gasteiger charge is -2.30.